The van der Waals surface area contributed by atoms with Crippen LogP contribution in [-0.4, -0.2) is 33.1 Å². The fraction of sp³-hybridized carbons (Fsp3) is 0.273. The molecule has 0 spiro atoms. The monoisotopic (exact) mass is 457 g/mol. The van der Waals surface area contributed by atoms with E-state index in [1.807, 2.05) is 6.92 Å². The average Bonchev–Trinajstić information content (AvgIpc) is 2.75. The maximum Gasteiger partial charge on any atom is 0.262 e. The van der Waals surface area contributed by atoms with Crippen molar-refractivity contribution in [2.75, 3.05) is 11.9 Å². The summed E-state index contributed by atoms with van der Waals surface area (Å²) in [7, 11) is 0. The molecule has 0 unspecified atom stereocenters. The van der Waals surface area contributed by atoms with E-state index in [1.54, 1.807) is 47.9 Å². The number of hydrogen-bond donors (Lipinski definition) is 1. The van der Waals surface area contributed by atoms with Crippen molar-refractivity contribution in [1.82, 2.24) is 9.55 Å². The Morgan fingerprint density at radius 3 is 2.87 bits per heavy atom. The van der Waals surface area contributed by atoms with Crippen LogP contribution in [0.2, 0.25) is 5.02 Å². The molecule has 160 valence electrons. The van der Waals surface area contributed by atoms with Gasteiger partial charge in [-0.1, -0.05) is 30.3 Å². The van der Waals surface area contributed by atoms with Crippen LogP contribution in [0.25, 0.3) is 10.9 Å². The Labute approximate surface area is 187 Å². The number of rotatable bonds is 6. The van der Waals surface area contributed by atoms with Gasteiger partial charge in [-0.05, 0) is 49.7 Å². The number of nitrogens with zero attached hydrogens (tertiary/aromatic N) is 2. The summed E-state index contributed by atoms with van der Waals surface area (Å²) in [6.45, 7) is 4.20. The van der Waals surface area contributed by atoms with Crippen LogP contribution in [0.3, 0.4) is 0 Å². The van der Waals surface area contributed by atoms with Gasteiger partial charge in [0, 0.05) is 17.1 Å². The van der Waals surface area contributed by atoms with Crippen LogP contribution in [0.1, 0.15) is 30.6 Å². The Kier molecular flexibility index (Phi) is 6.02. The van der Waals surface area contributed by atoms with Crippen LogP contribution in [0.5, 0.6) is 5.75 Å². The van der Waals surface area contributed by atoms with Gasteiger partial charge in [0.05, 0.1) is 21.8 Å². The number of Topliss-reactive ketones (excluding diaryl/α,β-unsaturated/α-hetero) is 1. The predicted molar refractivity (Wildman–Crippen MR) is 122 cm³/mol. The van der Waals surface area contributed by atoms with Crippen molar-refractivity contribution in [3.8, 4) is 5.75 Å². The first kappa shape index (κ1) is 21.4. The van der Waals surface area contributed by atoms with Crippen LogP contribution in [-0.2, 0) is 11.3 Å². The van der Waals surface area contributed by atoms with Gasteiger partial charge in [0.25, 0.3) is 11.5 Å². The molecule has 4 rings (SSSR count). The van der Waals surface area contributed by atoms with Gasteiger partial charge < -0.3 is 10.1 Å². The van der Waals surface area contributed by atoms with Crippen LogP contribution in [0.15, 0.2) is 46.3 Å². The topological polar surface area (TPSA) is 90.3 Å². The highest BCUT2D eigenvalue weighted by atomic mass is 35.5. The molecule has 1 aliphatic rings. The van der Waals surface area contributed by atoms with Crippen LogP contribution >= 0.6 is 23.4 Å². The van der Waals surface area contributed by atoms with E-state index >= 15 is 0 Å². The van der Waals surface area contributed by atoms with Gasteiger partial charge in [-0.25, -0.2) is 4.98 Å². The van der Waals surface area contributed by atoms with Gasteiger partial charge in [0.15, 0.2) is 17.5 Å². The standard InChI is InChI=1S/C22H20ClN3O4S/c1-3-8-26-21(29)15-6-5-14(23)10-16(15)25-22(26)31-12(2)20(28)13-4-7-18-17(9-13)24-19(27)11-30-18/h4-7,9-10,12H,3,8,11H2,1-2H3,(H,24,27)/t12-/m0/s1. The van der Waals surface area contributed by atoms with E-state index in [9.17, 15) is 14.4 Å². The smallest absolute Gasteiger partial charge is 0.262 e. The first-order valence-electron chi connectivity index (χ1n) is 9.85. The average molecular weight is 458 g/mol. The second-order valence-electron chi connectivity index (χ2n) is 7.18. The molecule has 1 N–H and O–H groups in total. The number of anilines is 1. The summed E-state index contributed by atoms with van der Waals surface area (Å²) in [5.74, 6) is 0.125. The molecule has 1 atom stereocenters. The Hall–Kier alpha value is -2.84. The molecule has 31 heavy (non-hydrogen) atoms. The first-order valence-corrected chi connectivity index (χ1v) is 11.1. The molecule has 7 nitrogen and oxygen atoms in total. The van der Waals surface area contributed by atoms with Crippen molar-refractivity contribution < 1.29 is 14.3 Å². The lowest BCUT2D eigenvalue weighted by Gasteiger charge is -2.19. The zero-order valence-electron chi connectivity index (χ0n) is 17.0. The van der Waals surface area contributed by atoms with Crippen LogP contribution in [0, 0.1) is 0 Å². The molecule has 0 aliphatic carbocycles. The summed E-state index contributed by atoms with van der Waals surface area (Å²) in [4.78, 5) is 42.3. The van der Waals surface area contributed by atoms with E-state index in [-0.39, 0.29) is 23.9 Å². The number of hydrogen-bond acceptors (Lipinski definition) is 6. The van der Waals surface area contributed by atoms with Crippen LogP contribution in [0.4, 0.5) is 5.69 Å². The van der Waals surface area contributed by atoms with Crippen molar-refractivity contribution in [3.63, 3.8) is 0 Å². The van der Waals surface area contributed by atoms with E-state index in [0.717, 1.165) is 6.42 Å². The SMILES string of the molecule is CCCn1c(S[C@@H](C)C(=O)c2ccc3c(c2)NC(=O)CO3)nc2cc(Cl)ccc2c1=O. The summed E-state index contributed by atoms with van der Waals surface area (Å²) in [5.41, 5.74) is 1.26. The molecule has 0 radical (unpaired) electrons. The molecule has 0 bridgehead atoms. The molecule has 0 saturated carbocycles. The largest absolute Gasteiger partial charge is 0.482 e. The molecule has 1 amide bonds. The van der Waals surface area contributed by atoms with Gasteiger partial charge in [0.1, 0.15) is 5.75 Å². The summed E-state index contributed by atoms with van der Waals surface area (Å²) in [6.07, 6.45) is 0.751. The predicted octanol–water partition coefficient (Wildman–Crippen LogP) is 4.15. The highest BCUT2D eigenvalue weighted by Gasteiger charge is 2.23. The van der Waals surface area contributed by atoms with Gasteiger partial charge in [-0.15, -0.1) is 0 Å². The molecule has 9 heteroatoms. The molecule has 2 heterocycles. The summed E-state index contributed by atoms with van der Waals surface area (Å²) < 4.78 is 6.95. The fourth-order valence-electron chi connectivity index (χ4n) is 3.37. The molecule has 1 aliphatic heterocycles. The lowest BCUT2D eigenvalue weighted by Crippen LogP contribution is -2.26. The third-order valence-electron chi connectivity index (χ3n) is 4.88. The summed E-state index contributed by atoms with van der Waals surface area (Å²) >= 11 is 7.31. The Balaban J connectivity index is 1.66. The number of halogens is 1. The van der Waals surface area contributed by atoms with Crippen LogP contribution < -0.4 is 15.6 Å². The quantitative estimate of drug-likeness (QED) is 0.339. The van der Waals surface area contributed by atoms with Gasteiger partial charge in [-0.3, -0.25) is 19.0 Å². The van der Waals surface area contributed by atoms with Crippen molar-refractivity contribution in [1.29, 1.82) is 0 Å². The maximum absolute atomic E-state index is 13.1. The van der Waals surface area contributed by atoms with E-state index in [1.165, 1.54) is 11.8 Å². The number of thioether (sulfide) groups is 1. The minimum absolute atomic E-state index is 0.0425. The number of amides is 1. The molecular formula is C22H20ClN3O4S. The lowest BCUT2D eigenvalue weighted by atomic mass is 10.1. The van der Waals surface area contributed by atoms with Gasteiger partial charge in [-0.2, -0.15) is 0 Å². The minimum Gasteiger partial charge on any atom is -0.482 e. The highest BCUT2D eigenvalue weighted by molar-refractivity contribution is 8.00. The number of ketones is 1. The normalized spacial score (nSPS) is 14.0. The number of fused-ring (bicyclic) bond motifs is 2. The van der Waals surface area contributed by atoms with Crippen molar-refractivity contribution in [2.24, 2.45) is 0 Å². The maximum atomic E-state index is 13.1. The molecule has 1 aromatic heterocycles. The third kappa shape index (κ3) is 4.31. The zero-order chi connectivity index (χ0) is 22.1. The van der Waals surface area contributed by atoms with E-state index in [0.29, 0.717) is 44.6 Å². The minimum atomic E-state index is -0.509. The van der Waals surface area contributed by atoms with Gasteiger partial charge in [0.2, 0.25) is 0 Å². The number of aromatic nitrogens is 2. The molecule has 0 fully saturated rings. The Bertz CT molecular complexity index is 1260. The summed E-state index contributed by atoms with van der Waals surface area (Å²) in [6, 6.07) is 9.94. The molecular weight excluding hydrogens is 438 g/mol. The fourth-order valence-corrected chi connectivity index (χ4v) is 4.55. The third-order valence-corrected chi connectivity index (χ3v) is 6.20. The summed E-state index contributed by atoms with van der Waals surface area (Å²) in [5, 5.41) is 3.65. The van der Waals surface area contributed by atoms with Crippen molar-refractivity contribution in [3.05, 3.63) is 57.3 Å². The number of ether oxygens (including phenoxy) is 1. The molecule has 3 aromatic rings. The highest BCUT2D eigenvalue weighted by Crippen LogP contribution is 2.31. The first-order chi connectivity index (χ1) is 14.9. The van der Waals surface area contributed by atoms with Crippen molar-refractivity contribution in [2.45, 2.75) is 37.2 Å². The lowest BCUT2D eigenvalue weighted by molar-refractivity contribution is -0.118. The number of carbonyl (C=O) groups is 2. The van der Waals surface area contributed by atoms with E-state index in [4.69, 9.17) is 16.3 Å². The molecule has 2 aromatic carbocycles. The second kappa shape index (κ2) is 8.72. The van der Waals surface area contributed by atoms with E-state index in [2.05, 4.69) is 10.3 Å². The van der Waals surface area contributed by atoms with E-state index < -0.39 is 5.25 Å². The number of nitrogens with one attached hydrogen (secondary N) is 1. The number of carbonyl (C=O) groups excluding carboxylic acids is 2. The Morgan fingerprint density at radius 2 is 2.10 bits per heavy atom. The van der Waals surface area contributed by atoms with Gasteiger partial charge >= 0.3 is 0 Å². The Morgan fingerprint density at radius 1 is 1.29 bits per heavy atom. The zero-order valence-corrected chi connectivity index (χ0v) is 18.5. The second-order valence-corrected chi connectivity index (χ2v) is 8.93. The van der Waals surface area contributed by atoms with Crippen molar-refractivity contribution >= 4 is 51.6 Å². The molecule has 0 saturated heterocycles. The number of benzene rings is 2.